The van der Waals surface area contributed by atoms with Crippen LogP contribution in [0, 0.1) is 11.8 Å². The van der Waals surface area contributed by atoms with Gasteiger partial charge in [-0.15, -0.1) is 0 Å². The normalized spacial score (nSPS) is 21.2. The second-order valence-corrected chi connectivity index (χ2v) is 7.11. The summed E-state index contributed by atoms with van der Waals surface area (Å²) in [7, 11) is 1.65. The molecular weight excluding hydrogens is 358 g/mol. The number of nitrogens with zero attached hydrogens (tertiary/aromatic N) is 3. The van der Waals surface area contributed by atoms with Gasteiger partial charge in [0.15, 0.2) is 5.69 Å². The molecule has 1 atom stereocenters. The highest BCUT2D eigenvalue weighted by Gasteiger charge is 2.42. The molecule has 2 aliphatic heterocycles. The van der Waals surface area contributed by atoms with Crippen LogP contribution in [0.2, 0.25) is 0 Å². The first kappa shape index (κ1) is 18.2. The standard InChI is InChI=1S/C20H21N5O3/c1-24-10-8-20(28,19(24)27)7-5-13-3-2-4-14(11-13)25-16-6-9-22-12-15(16)17(23-25)18(21)26/h2-4,11,22,28H,6,8-10,12H2,1H3,(H2,21,26). The predicted octanol–water partition coefficient (Wildman–Crippen LogP) is -0.438. The molecule has 2 aromatic rings. The van der Waals surface area contributed by atoms with E-state index in [9.17, 15) is 14.7 Å². The molecule has 0 saturated carbocycles. The third kappa shape index (κ3) is 3.05. The zero-order valence-corrected chi connectivity index (χ0v) is 15.5. The van der Waals surface area contributed by atoms with E-state index in [-0.39, 0.29) is 18.0 Å². The molecule has 144 valence electrons. The number of carbonyl (C=O) groups excluding carboxylic acids is 2. The molecule has 0 radical (unpaired) electrons. The molecule has 3 heterocycles. The highest BCUT2D eigenvalue weighted by Crippen LogP contribution is 2.23. The maximum Gasteiger partial charge on any atom is 0.269 e. The van der Waals surface area contributed by atoms with Crippen LogP contribution in [-0.2, 0) is 17.8 Å². The van der Waals surface area contributed by atoms with Crippen LogP contribution < -0.4 is 11.1 Å². The number of likely N-dealkylation sites (N-methyl/N-ethyl adjacent to an activating group) is 1. The van der Waals surface area contributed by atoms with E-state index in [1.807, 2.05) is 18.2 Å². The van der Waals surface area contributed by atoms with Crippen LogP contribution in [0.5, 0.6) is 0 Å². The molecule has 4 rings (SSSR count). The third-order valence-corrected chi connectivity index (χ3v) is 5.18. The minimum atomic E-state index is -1.64. The fourth-order valence-corrected chi connectivity index (χ4v) is 3.62. The molecule has 8 nitrogen and oxygen atoms in total. The number of primary amides is 1. The van der Waals surface area contributed by atoms with Gasteiger partial charge in [-0.3, -0.25) is 9.59 Å². The zero-order chi connectivity index (χ0) is 19.9. The van der Waals surface area contributed by atoms with Gasteiger partial charge < -0.3 is 21.1 Å². The maximum absolute atomic E-state index is 12.1. The first-order valence-electron chi connectivity index (χ1n) is 9.12. The SMILES string of the molecule is CN1CCC(O)(C#Cc2cccc(-n3nc(C(N)=O)c4c3CCNC4)c2)C1=O. The molecule has 4 N–H and O–H groups in total. The molecule has 0 aliphatic carbocycles. The number of fused-ring (bicyclic) bond motifs is 1. The van der Waals surface area contributed by atoms with Crippen molar-refractivity contribution in [1.82, 2.24) is 20.0 Å². The highest BCUT2D eigenvalue weighted by atomic mass is 16.3. The molecule has 1 saturated heterocycles. The fraction of sp³-hybridized carbons (Fsp3) is 0.350. The Hall–Kier alpha value is -3.15. The van der Waals surface area contributed by atoms with Gasteiger partial charge in [0.25, 0.3) is 11.8 Å². The largest absolute Gasteiger partial charge is 0.369 e. The van der Waals surface area contributed by atoms with Gasteiger partial charge in [-0.05, 0) is 18.2 Å². The van der Waals surface area contributed by atoms with Gasteiger partial charge in [0.2, 0.25) is 5.60 Å². The lowest BCUT2D eigenvalue weighted by Crippen LogP contribution is -2.37. The number of hydrogen-bond acceptors (Lipinski definition) is 5. The molecule has 2 amide bonds. The Morgan fingerprint density at radius 1 is 1.43 bits per heavy atom. The lowest BCUT2D eigenvalue weighted by atomic mass is 10.0. The van der Waals surface area contributed by atoms with Crippen LogP contribution in [0.25, 0.3) is 5.69 Å². The van der Waals surface area contributed by atoms with Crippen molar-refractivity contribution in [1.29, 1.82) is 0 Å². The molecule has 8 heteroatoms. The molecule has 1 aromatic carbocycles. The lowest BCUT2D eigenvalue weighted by Gasteiger charge is -2.15. The summed E-state index contributed by atoms with van der Waals surface area (Å²) in [5.74, 6) is 4.69. The number of hydrogen-bond donors (Lipinski definition) is 3. The fourth-order valence-electron chi connectivity index (χ4n) is 3.62. The summed E-state index contributed by atoms with van der Waals surface area (Å²) in [5, 5.41) is 18.1. The number of aliphatic hydroxyl groups is 1. The number of likely N-dealkylation sites (tertiary alicyclic amines) is 1. The Bertz CT molecular complexity index is 1030. The van der Waals surface area contributed by atoms with Crippen molar-refractivity contribution in [2.24, 2.45) is 5.73 Å². The summed E-state index contributed by atoms with van der Waals surface area (Å²) < 4.78 is 1.73. The highest BCUT2D eigenvalue weighted by molar-refractivity contribution is 5.92. The van der Waals surface area contributed by atoms with E-state index < -0.39 is 11.5 Å². The van der Waals surface area contributed by atoms with E-state index in [1.54, 1.807) is 17.8 Å². The first-order valence-corrected chi connectivity index (χ1v) is 9.12. The molecule has 0 bridgehead atoms. The molecular formula is C20H21N5O3. The summed E-state index contributed by atoms with van der Waals surface area (Å²) in [6.45, 7) is 1.82. The summed E-state index contributed by atoms with van der Waals surface area (Å²) >= 11 is 0. The van der Waals surface area contributed by atoms with Gasteiger partial charge in [0.1, 0.15) is 0 Å². The Morgan fingerprint density at radius 3 is 2.96 bits per heavy atom. The maximum atomic E-state index is 12.1. The van der Waals surface area contributed by atoms with E-state index in [1.165, 1.54) is 4.90 Å². The van der Waals surface area contributed by atoms with Gasteiger partial charge in [-0.25, -0.2) is 4.68 Å². The van der Waals surface area contributed by atoms with Gasteiger partial charge in [0, 0.05) is 50.7 Å². The number of benzene rings is 1. The Morgan fingerprint density at radius 2 is 2.25 bits per heavy atom. The Labute approximate surface area is 162 Å². The smallest absolute Gasteiger partial charge is 0.269 e. The Kier molecular flexibility index (Phi) is 4.41. The average Bonchev–Trinajstić information content (AvgIpc) is 3.21. The van der Waals surface area contributed by atoms with Gasteiger partial charge in [0.05, 0.1) is 11.4 Å². The van der Waals surface area contributed by atoms with E-state index in [0.717, 1.165) is 29.9 Å². The topological polar surface area (TPSA) is 113 Å². The van der Waals surface area contributed by atoms with Gasteiger partial charge >= 0.3 is 0 Å². The van der Waals surface area contributed by atoms with Crippen LogP contribution >= 0.6 is 0 Å². The second-order valence-electron chi connectivity index (χ2n) is 7.11. The average molecular weight is 379 g/mol. The van der Waals surface area contributed by atoms with Crippen LogP contribution in [-0.4, -0.2) is 57.3 Å². The molecule has 0 spiro atoms. The van der Waals surface area contributed by atoms with Crippen molar-refractivity contribution < 1.29 is 14.7 Å². The number of nitrogens with one attached hydrogen (secondary N) is 1. The lowest BCUT2D eigenvalue weighted by molar-refractivity contribution is -0.137. The van der Waals surface area contributed by atoms with E-state index >= 15 is 0 Å². The number of amides is 2. The molecule has 1 unspecified atom stereocenters. The molecule has 2 aliphatic rings. The summed E-state index contributed by atoms with van der Waals surface area (Å²) in [6.07, 6.45) is 1.02. The van der Waals surface area contributed by atoms with Crippen molar-refractivity contribution in [3.8, 4) is 17.5 Å². The number of rotatable bonds is 2. The molecule has 1 fully saturated rings. The van der Waals surface area contributed by atoms with E-state index in [0.29, 0.717) is 18.7 Å². The molecule has 28 heavy (non-hydrogen) atoms. The van der Waals surface area contributed by atoms with Crippen LogP contribution in [0.4, 0.5) is 0 Å². The summed E-state index contributed by atoms with van der Waals surface area (Å²) in [4.78, 5) is 25.3. The minimum absolute atomic E-state index is 0.271. The van der Waals surface area contributed by atoms with Crippen LogP contribution in [0.1, 0.15) is 33.7 Å². The van der Waals surface area contributed by atoms with Crippen molar-refractivity contribution in [3.05, 3.63) is 46.8 Å². The predicted molar refractivity (Wildman–Crippen MR) is 102 cm³/mol. The van der Waals surface area contributed by atoms with E-state index in [2.05, 4.69) is 22.3 Å². The van der Waals surface area contributed by atoms with Crippen LogP contribution in [0.15, 0.2) is 24.3 Å². The van der Waals surface area contributed by atoms with E-state index in [4.69, 9.17) is 5.73 Å². The van der Waals surface area contributed by atoms with Gasteiger partial charge in [-0.2, -0.15) is 5.10 Å². The first-order chi connectivity index (χ1) is 13.4. The number of nitrogens with two attached hydrogens (primary N) is 1. The summed E-state index contributed by atoms with van der Waals surface area (Å²) in [5.41, 5.74) is 7.29. The Balaban J connectivity index is 1.71. The zero-order valence-electron chi connectivity index (χ0n) is 15.5. The minimum Gasteiger partial charge on any atom is -0.369 e. The van der Waals surface area contributed by atoms with Crippen molar-refractivity contribution >= 4 is 11.8 Å². The monoisotopic (exact) mass is 379 g/mol. The van der Waals surface area contributed by atoms with Gasteiger partial charge in [-0.1, -0.05) is 17.9 Å². The van der Waals surface area contributed by atoms with Crippen molar-refractivity contribution in [3.63, 3.8) is 0 Å². The number of carbonyl (C=O) groups is 2. The molecule has 1 aromatic heterocycles. The second kappa shape index (κ2) is 6.78. The van der Waals surface area contributed by atoms with Crippen molar-refractivity contribution in [2.75, 3.05) is 20.1 Å². The summed E-state index contributed by atoms with van der Waals surface area (Å²) in [6, 6.07) is 7.31. The number of aromatic nitrogens is 2. The van der Waals surface area contributed by atoms with Crippen LogP contribution in [0.3, 0.4) is 0 Å². The quantitative estimate of drug-likeness (QED) is 0.613. The third-order valence-electron chi connectivity index (χ3n) is 5.18. The van der Waals surface area contributed by atoms with Crippen molar-refractivity contribution in [2.45, 2.75) is 25.0 Å².